The fourth-order valence-electron chi connectivity index (χ4n) is 3.28. The maximum absolute atomic E-state index is 11.5. The van der Waals surface area contributed by atoms with Crippen molar-refractivity contribution in [3.63, 3.8) is 0 Å². The lowest BCUT2D eigenvalue weighted by molar-refractivity contribution is -0.195. The van der Waals surface area contributed by atoms with E-state index < -0.39 is 18.0 Å². The minimum atomic E-state index is -0.916. The van der Waals surface area contributed by atoms with Crippen LogP contribution < -0.4 is 0 Å². The molecule has 0 saturated carbocycles. The van der Waals surface area contributed by atoms with E-state index in [9.17, 15) is 15.0 Å². The molecule has 5 heteroatoms. The summed E-state index contributed by atoms with van der Waals surface area (Å²) in [6, 6.07) is 0. The smallest absolute Gasteiger partial charge is 0.309 e. The van der Waals surface area contributed by atoms with Gasteiger partial charge in [-0.2, -0.15) is 0 Å². The van der Waals surface area contributed by atoms with Gasteiger partial charge in [-0.05, 0) is 38.5 Å². The predicted molar refractivity (Wildman–Crippen MR) is 98.4 cm³/mol. The predicted octanol–water partition coefficient (Wildman–Crippen LogP) is 4.29. The van der Waals surface area contributed by atoms with Crippen LogP contribution in [-0.2, 0) is 14.3 Å². The summed E-state index contributed by atoms with van der Waals surface area (Å²) in [6.07, 6.45) is 9.91. The molecule has 1 fully saturated rings. The van der Waals surface area contributed by atoms with Crippen LogP contribution in [0.1, 0.15) is 77.6 Å². The molecular formula is C20H36O5. The molecule has 1 rings (SSSR count). The first kappa shape index (κ1) is 22.1. The van der Waals surface area contributed by atoms with Gasteiger partial charge in [0.1, 0.15) is 0 Å². The molecule has 0 bridgehead atoms. The van der Waals surface area contributed by atoms with Gasteiger partial charge in [0.15, 0.2) is 6.29 Å². The van der Waals surface area contributed by atoms with Crippen LogP contribution >= 0.6 is 0 Å². The van der Waals surface area contributed by atoms with E-state index in [4.69, 9.17) is 9.47 Å². The average Bonchev–Trinajstić information content (AvgIpc) is 2.60. The summed E-state index contributed by atoms with van der Waals surface area (Å²) in [5.41, 5.74) is 0. The van der Waals surface area contributed by atoms with Crippen LogP contribution in [-0.4, -0.2) is 41.3 Å². The van der Waals surface area contributed by atoms with Crippen molar-refractivity contribution in [3.05, 3.63) is 12.7 Å². The van der Waals surface area contributed by atoms with E-state index in [0.29, 0.717) is 19.4 Å². The number of aliphatic hydroxyl groups is 1. The monoisotopic (exact) mass is 356 g/mol. The summed E-state index contributed by atoms with van der Waals surface area (Å²) in [5, 5.41) is 20.0. The zero-order valence-corrected chi connectivity index (χ0v) is 15.7. The normalized spacial score (nSPS) is 21.4. The third-order valence-electron chi connectivity index (χ3n) is 4.83. The highest BCUT2D eigenvalue weighted by Gasteiger charge is 2.30. The zero-order chi connectivity index (χ0) is 18.5. The number of carbonyl (C=O) groups is 1. The molecule has 1 heterocycles. The minimum absolute atomic E-state index is 0.200. The van der Waals surface area contributed by atoms with Crippen LogP contribution in [0.5, 0.6) is 0 Å². The van der Waals surface area contributed by atoms with E-state index in [0.717, 1.165) is 57.8 Å². The van der Waals surface area contributed by atoms with Gasteiger partial charge in [-0.3, -0.25) is 4.79 Å². The first-order valence-electron chi connectivity index (χ1n) is 9.87. The summed E-state index contributed by atoms with van der Waals surface area (Å²) in [5.74, 6) is -1.64. The molecule has 0 aliphatic carbocycles. The van der Waals surface area contributed by atoms with E-state index in [1.807, 2.05) is 6.08 Å². The molecule has 25 heavy (non-hydrogen) atoms. The van der Waals surface area contributed by atoms with E-state index in [-0.39, 0.29) is 12.4 Å². The summed E-state index contributed by atoms with van der Waals surface area (Å²) < 4.78 is 11.6. The number of hydrogen-bond acceptors (Lipinski definition) is 4. The number of hydrogen-bond donors (Lipinski definition) is 2. The van der Waals surface area contributed by atoms with Gasteiger partial charge in [0.2, 0.25) is 0 Å². The van der Waals surface area contributed by atoms with Crippen LogP contribution in [0.3, 0.4) is 0 Å². The third kappa shape index (κ3) is 9.38. The Kier molecular flexibility index (Phi) is 11.8. The number of aliphatic hydroxyl groups excluding tert-OH is 1. The first-order chi connectivity index (χ1) is 12.1. The molecule has 0 aromatic rings. The number of aliphatic carboxylic acids is 1. The van der Waals surface area contributed by atoms with E-state index in [2.05, 4.69) is 13.5 Å². The molecule has 4 unspecified atom stereocenters. The minimum Gasteiger partial charge on any atom is -0.481 e. The maximum Gasteiger partial charge on any atom is 0.309 e. The standard InChI is InChI=1S/C20H36O5/c1-3-5-7-8-12-17(20(22)23)18(21)15-16(11-6-4-2)25-19-13-9-10-14-24-19/h4,16-19,21H,2-3,5-15H2,1H3,(H,22,23). The Morgan fingerprint density at radius 3 is 2.72 bits per heavy atom. The average molecular weight is 357 g/mol. The summed E-state index contributed by atoms with van der Waals surface area (Å²) in [4.78, 5) is 11.5. The van der Waals surface area contributed by atoms with E-state index in [1.165, 1.54) is 0 Å². The van der Waals surface area contributed by atoms with Crippen molar-refractivity contribution < 1.29 is 24.5 Å². The number of ether oxygens (including phenoxy) is 2. The van der Waals surface area contributed by atoms with Gasteiger partial charge in [-0.15, -0.1) is 6.58 Å². The van der Waals surface area contributed by atoms with Gasteiger partial charge < -0.3 is 19.7 Å². The van der Waals surface area contributed by atoms with Gasteiger partial charge >= 0.3 is 5.97 Å². The number of allylic oxidation sites excluding steroid dienone is 1. The quantitative estimate of drug-likeness (QED) is 0.359. The van der Waals surface area contributed by atoms with Crippen LogP contribution in [0, 0.1) is 5.92 Å². The van der Waals surface area contributed by atoms with Crippen molar-refractivity contribution in [3.8, 4) is 0 Å². The number of carboxylic acids is 1. The van der Waals surface area contributed by atoms with Gasteiger partial charge in [-0.25, -0.2) is 0 Å². The molecule has 1 saturated heterocycles. The SMILES string of the molecule is C=CCCC(CC(O)C(CCCCCC)C(=O)O)OC1CCCCO1. The molecule has 0 aromatic carbocycles. The van der Waals surface area contributed by atoms with Crippen molar-refractivity contribution >= 4 is 5.97 Å². The van der Waals surface area contributed by atoms with E-state index >= 15 is 0 Å². The van der Waals surface area contributed by atoms with Gasteiger partial charge in [0, 0.05) is 13.0 Å². The third-order valence-corrected chi connectivity index (χ3v) is 4.83. The molecule has 146 valence electrons. The Bertz CT molecular complexity index is 365. The Balaban J connectivity index is 2.54. The van der Waals surface area contributed by atoms with Crippen LogP contribution in [0.2, 0.25) is 0 Å². The Labute approximate surface area is 152 Å². The van der Waals surface area contributed by atoms with Crippen molar-refractivity contribution in [2.45, 2.75) is 96.1 Å². The zero-order valence-electron chi connectivity index (χ0n) is 15.7. The van der Waals surface area contributed by atoms with Crippen LogP contribution in [0.25, 0.3) is 0 Å². The second-order valence-electron chi connectivity index (χ2n) is 7.02. The lowest BCUT2D eigenvalue weighted by atomic mass is 9.91. The van der Waals surface area contributed by atoms with Crippen LogP contribution in [0.15, 0.2) is 12.7 Å². The Morgan fingerprint density at radius 1 is 1.32 bits per heavy atom. The molecule has 4 atom stereocenters. The fourth-order valence-corrected chi connectivity index (χ4v) is 3.28. The summed E-state index contributed by atoms with van der Waals surface area (Å²) >= 11 is 0. The van der Waals surface area contributed by atoms with Crippen molar-refractivity contribution in [1.82, 2.24) is 0 Å². The highest BCUT2D eigenvalue weighted by molar-refractivity contribution is 5.70. The molecule has 0 spiro atoms. The summed E-state index contributed by atoms with van der Waals surface area (Å²) in [7, 11) is 0. The number of unbranched alkanes of at least 4 members (excludes halogenated alkanes) is 3. The Morgan fingerprint density at radius 2 is 2.12 bits per heavy atom. The molecule has 2 N–H and O–H groups in total. The molecule has 0 aromatic heterocycles. The molecule has 0 radical (unpaired) electrons. The fraction of sp³-hybridized carbons (Fsp3) is 0.850. The number of carboxylic acid groups (broad SMARTS) is 1. The van der Waals surface area contributed by atoms with Crippen molar-refractivity contribution in [2.24, 2.45) is 5.92 Å². The second kappa shape index (κ2) is 13.3. The molecule has 1 aliphatic heterocycles. The van der Waals surface area contributed by atoms with E-state index in [1.54, 1.807) is 0 Å². The summed E-state index contributed by atoms with van der Waals surface area (Å²) in [6.45, 7) is 6.56. The molecule has 1 aliphatic rings. The Hall–Kier alpha value is -0.910. The second-order valence-corrected chi connectivity index (χ2v) is 7.02. The first-order valence-corrected chi connectivity index (χ1v) is 9.87. The van der Waals surface area contributed by atoms with Crippen molar-refractivity contribution in [1.29, 1.82) is 0 Å². The van der Waals surface area contributed by atoms with Gasteiger partial charge in [-0.1, -0.05) is 38.7 Å². The van der Waals surface area contributed by atoms with Crippen molar-refractivity contribution in [2.75, 3.05) is 6.61 Å². The lowest BCUT2D eigenvalue weighted by Gasteiger charge is -2.30. The lowest BCUT2D eigenvalue weighted by Crippen LogP contribution is -2.35. The molecule has 5 nitrogen and oxygen atoms in total. The highest BCUT2D eigenvalue weighted by atomic mass is 16.7. The van der Waals surface area contributed by atoms with Gasteiger partial charge in [0.05, 0.1) is 18.1 Å². The topological polar surface area (TPSA) is 76.0 Å². The number of rotatable bonds is 14. The highest BCUT2D eigenvalue weighted by Crippen LogP contribution is 2.24. The van der Waals surface area contributed by atoms with Gasteiger partial charge in [0.25, 0.3) is 0 Å². The van der Waals surface area contributed by atoms with Crippen LogP contribution in [0.4, 0.5) is 0 Å². The largest absolute Gasteiger partial charge is 0.481 e. The maximum atomic E-state index is 11.5. The molecule has 0 amide bonds. The molecular weight excluding hydrogens is 320 g/mol.